The van der Waals surface area contributed by atoms with Gasteiger partial charge in [-0.15, -0.1) is 0 Å². The summed E-state index contributed by atoms with van der Waals surface area (Å²) in [5.41, 5.74) is 8.16. The molecule has 35 heavy (non-hydrogen) atoms. The maximum atomic E-state index is 3.58. The van der Waals surface area contributed by atoms with E-state index in [2.05, 4.69) is 153 Å². The number of thiophene rings is 1. The third-order valence-electron chi connectivity index (χ3n) is 5.68. The molecule has 0 atom stereocenters. The van der Waals surface area contributed by atoms with Crippen LogP contribution in [0.5, 0.6) is 0 Å². The van der Waals surface area contributed by atoms with Gasteiger partial charge < -0.3 is 4.90 Å². The molecule has 0 amide bonds. The molecule has 170 valence electrons. The predicted molar refractivity (Wildman–Crippen MR) is 157 cm³/mol. The van der Waals surface area contributed by atoms with Crippen molar-refractivity contribution in [3.05, 3.63) is 147 Å². The zero-order chi connectivity index (χ0) is 23.9. The highest BCUT2D eigenvalue weighted by Gasteiger charge is 2.11. The highest BCUT2D eigenvalue weighted by Crippen LogP contribution is 2.34. The average Bonchev–Trinajstić information content (AvgIpc) is 3.33. The summed E-state index contributed by atoms with van der Waals surface area (Å²) in [5.74, 6) is 0. The molecule has 1 aromatic heterocycles. The van der Waals surface area contributed by atoms with E-state index in [-0.39, 0.29) is 0 Å². The van der Waals surface area contributed by atoms with Crippen LogP contribution in [0.2, 0.25) is 0 Å². The summed E-state index contributed by atoms with van der Waals surface area (Å²) in [6.07, 6.45) is 8.60. The lowest BCUT2D eigenvalue weighted by Gasteiger charge is -2.25. The van der Waals surface area contributed by atoms with Gasteiger partial charge in [0, 0.05) is 26.9 Å². The number of nitrogens with zero attached hydrogens (tertiary/aromatic N) is 1. The fourth-order valence-corrected chi connectivity index (χ4v) is 5.24. The van der Waals surface area contributed by atoms with E-state index in [0.717, 1.165) is 21.5 Å². The zero-order valence-electron chi connectivity index (χ0n) is 19.1. The average molecular weight is 535 g/mol. The van der Waals surface area contributed by atoms with Crippen molar-refractivity contribution in [3.8, 4) is 0 Å². The number of hydrogen-bond donors (Lipinski definition) is 0. The van der Waals surface area contributed by atoms with Crippen molar-refractivity contribution in [1.82, 2.24) is 0 Å². The molecule has 0 radical (unpaired) electrons. The normalized spacial score (nSPS) is 11.3. The standard InChI is InChI=1S/C32H24BrNS/c33-32-24-35-23-28(32)20-17-26-14-11-25(12-15-26)13-16-27-18-21-31(22-19-27)34(29-7-3-1-4-8-29)30-9-5-2-6-10-30/h1-24H/b16-13+,20-17+. The van der Waals surface area contributed by atoms with Crippen molar-refractivity contribution in [3.63, 3.8) is 0 Å². The SMILES string of the molecule is Brc1cscc1/C=C/c1ccc(/C=C/c2ccc(N(c3ccccc3)c3ccccc3)cc2)cc1. The minimum Gasteiger partial charge on any atom is -0.311 e. The molecule has 0 saturated carbocycles. The fraction of sp³-hybridized carbons (Fsp3) is 0. The summed E-state index contributed by atoms with van der Waals surface area (Å²) < 4.78 is 1.14. The molecule has 0 N–H and O–H groups in total. The highest BCUT2D eigenvalue weighted by atomic mass is 79.9. The Morgan fingerprint density at radius 1 is 0.486 bits per heavy atom. The first-order chi connectivity index (χ1) is 17.3. The van der Waals surface area contributed by atoms with Gasteiger partial charge in [-0.05, 0) is 80.0 Å². The number of rotatable bonds is 7. The third-order valence-corrected chi connectivity index (χ3v) is 7.43. The Kier molecular flexibility index (Phi) is 7.38. The zero-order valence-corrected chi connectivity index (χ0v) is 21.5. The Morgan fingerprint density at radius 2 is 0.914 bits per heavy atom. The molecule has 0 spiro atoms. The van der Waals surface area contributed by atoms with E-state index in [4.69, 9.17) is 0 Å². The summed E-state index contributed by atoms with van der Waals surface area (Å²) in [5, 5.41) is 4.24. The van der Waals surface area contributed by atoms with Crippen molar-refractivity contribution < 1.29 is 0 Å². The second-order valence-corrected chi connectivity index (χ2v) is 9.70. The van der Waals surface area contributed by atoms with Gasteiger partial charge in [0.05, 0.1) is 0 Å². The second-order valence-electron chi connectivity index (χ2n) is 8.11. The van der Waals surface area contributed by atoms with Crippen LogP contribution in [0, 0.1) is 0 Å². The van der Waals surface area contributed by atoms with Crippen LogP contribution < -0.4 is 4.90 Å². The molecule has 1 heterocycles. The Labute approximate surface area is 219 Å². The first-order valence-corrected chi connectivity index (χ1v) is 13.2. The third kappa shape index (κ3) is 5.89. The van der Waals surface area contributed by atoms with Crippen molar-refractivity contribution in [2.24, 2.45) is 0 Å². The van der Waals surface area contributed by atoms with Crippen molar-refractivity contribution in [2.75, 3.05) is 4.90 Å². The predicted octanol–water partition coefficient (Wildman–Crippen LogP) is 10.3. The number of halogens is 1. The van der Waals surface area contributed by atoms with Crippen molar-refractivity contribution >= 4 is 68.6 Å². The van der Waals surface area contributed by atoms with Gasteiger partial charge in [0.2, 0.25) is 0 Å². The van der Waals surface area contributed by atoms with Crippen LogP contribution in [0.15, 0.2) is 124 Å². The lowest BCUT2D eigenvalue weighted by atomic mass is 10.1. The van der Waals surface area contributed by atoms with Gasteiger partial charge in [0.15, 0.2) is 0 Å². The maximum absolute atomic E-state index is 3.58. The maximum Gasteiger partial charge on any atom is 0.0462 e. The summed E-state index contributed by atoms with van der Waals surface area (Å²) in [7, 11) is 0. The summed E-state index contributed by atoms with van der Waals surface area (Å²) in [6, 6.07) is 38.2. The molecule has 0 unspecified atom stereocenters. The van der Waals surface area contributed by atoms with Gasteiger partial charge in [-0.1, -0.05) is 97.1 Å². The molecule has 4 aromatic carbocycles. The van der Waals surface area contributed by atoms with Crippen molar-refractivity contribution in [2.45, 2.75) is 0 Å². The van der Waals surface area contributed by atoms with Crippen LogP contribution in [-0.2, 0) is 0 Å². The van der Waals surface area contributed by atoms with E-state index in [1.165, 1.54) is 22.3 Å². The van der Waals surface area contributed by atoms with E-state index >= 15 is 0 Å². The van der Waals surface area contributed by atoms with Gasteiger partial charge in [-0.2, -0.15) is 11.3 Å². The highest BCUT2D eigenvalue weighted by molar-refractivity contribution is 9.10. The first-order valence-electron chi connectivity index (χ1n) is 11.4. The molecule has 1 nitrogen and oxygen atoms in total. The van der Waals surface area contributed by atoms with Gasteiger partial charge in [0.25, 0.3) is 0 Å². The Morgan fingerprint density at radius 3 is 1.37 bits per heavy atom. The Bertz CT molecular complexity index is 1380. The van der Waals surface area contributed by atoms with Crippen LogP contribution in [-0.4, -0.2) is 0 Å². The van der Waals surface area contributed by atoms with Crippen LogP contribution >= 0.6 is 27.3 Å². The van der Waals surface area contributed by atoms with E-state index in [9.17, 15) is 0 Å². The van der Waals surface area contributed by atoms with Crippen LogP contribution in [0.25, 0.3) is 24.3 Å². The summed E-state index contributed by atoms with van der Waals surface area (Å²) in [4.78, 5) is 2.27. The molecule has 5 aromatic rings. The number of hydrogen-bond acceptors (Lipinski definition) is 2. The molecule has 5 rings (SSSR count). The molecular formula is C32H24BrNS. The quantitative estimate of drug-likeness (QED) is 0.188. The molecular weight excluding hydrogens is 510 g/mol. The van der Waals surface area contributed by atoms with E-state index < -0.39 is 0 Å². The smallest absolute Gasteiger partial charge is 0.0462 e. The van der Waals surface area contributed by atoms with E-state index in [1.807, 2.05) is 12.1 Å². The summed E-state index contributed by atoms with van der Waals surface area (Å²) >= 11 is 5.28. The minimum absolute atomic E-state index is 1.13. The van der Waals surface area contributed by atoms with Gasteiger partial charge in [-0.25, -0.2) is 0 Å². The van der Waals surface area contributed by atoms with E-state index in [0.29, 0.717) is 0 Å². The number of anilines is 3. The number of benzene rings is 4. The Balaban J connectivity index is 1.31. The largest absolute Gasteiger partial charge is 0.311 e. The van der Waals surface area contributed by atoms with Crippen LogP contribution in [0.1, 0.15) is 22.3 Å². The van der Waals surface area contributed by atoms with Gasteiger partial charge in [-0.3, -0.25) is 0 Å². The van der Waals surface area contributed by atoms with Crippen LogP contribution in [0.4, 0.5) is 17.1 Å². The Hall–Kier alpha value is -3.66. The lowest BCUT2D eigenvalue weighted by molar-refractivity contribution is 1.28. The fourth-order valence-electron chi connectivity index (χ4n) is 3.84. The monoisotopic (exact) mass is 533 g/mol. The molecule has 3 heteroatoms. The molecule has 0 aliphatic rings. The summed E-state index contributed by atoms with van der Waals surface area (Å²) in [6.45, 7) is 0. The van der Waals surface area contributed by atoms with Gasteiger partial charge >= 0.3 is 0 Å². The molecule has 0 aliphatic heterocycles. The van der Waals surface area contributed by atoms with Gasteiger partial charge in [0.1, 0.15) is 0 Å². The van der Waals surface area contributed by atoms with E-state index in [1.54, 1.807) is 11.3 Å². The van der Waals surface area contributed by atoms with Crippen LogP contribution in [0.3, 0.4) is 0 Å². The number of para-hydroxylation sites is 2. The molecule has 0 bridgehead atoms. The topological polar surface area (TPSA) is 3.24 Å². The lowest BCUT2D eigenvalue weighted by Crippen LogP contribution is -2.09. The second kappa shape index (κ2) is 11.2. The molecule has 0 saturated heterocycles. The molecule has 0 fully saturated rings. The van der Waals surface area contributed by atoms with Crippen molar-refractivity contribution in [1.29, 1.82) is 0 Å². The molecule has 0 aliphatic carbocycles. The first kappa shape index (κ1) is 23.1. The minimum atomic E-state index is 1.13.